The van der Waals surface area contributed by atoms with Crippen molar-refractivity contribution in [1.82, 2.24) is 4.31 Å². The number of nitrogens with zero attached hydrogens (tertiary/aromatic N) is 1. The van der Waals surface area contributed by atoms with Gasteiger partial charge in [-0.1, -0.05) is 18.2 Å². The third-order valence-corrected chi connectivity index (χ3v) is 4.62. The summed E-state index contributed by atoms with van der Waals surface area (Å²) in [6, 6.07) is 7.23. The highest BCUT2D eigenvalue weighted by molar-refractivity contribution is 7.84. The van der Waals surface area contributed by atoms with E-state index in [-0.39, 0.29) is 4.31 Å². The number of amides is 2. The summed E-state index contributed by atoms with van der Waals surface area (Å²) < 4.78 is 37.0. The molecule has 2 amide bonds. The number of β-lactam (4-membered cyclic amide) rings is 1. The zero-order valence-corrected chi connectivity index (χ0v) is 13.8. The molecule has 0 radical (unpaired) electrons. The molecule has 1 fully saturated rings. The highest BCUT2D eigenvalue weighted by Gasteiger charge is 2.58. The van der Waals surface area contributed by atoms with Crippen LogP contribution in [0.15, 0.2) is 30.3 Å². The van der Waals surface area contributed by atoms with Gasteiger partial charge in [-0.2, -0.15) is 8.42 Å². The first-order valence-corrected chi connectivity index (χ1v) is 8.54. The van der Waals surface area contributed by atoms with Gasteiger partial charge in [0.15, 0.2) is 0 Å². The first kappa shape index (κ1) is 18.2. The Balaban J connectivity index is 2.09. The summed E-state index contributed by atoms with van der Waals surface area (Å²) in [6.07, 6.45) is -3.09. The van der Waals surface area contributed by atoms with Crippen LogP contribution in [0.1, 0.15) is 13.8 Å². The van der Waals surface area contributed by atoms with Crippen LogP contribution in [0.4, 0.5) is 10.5 Å². The van der Waals surface area contributed by atoms with E-state index in [1.165, 1.54) is 13.8 Å². The van der Waals surface area contributed by atoms with E-state index in [0.29, 0.717) is 5.69 Å². The van der Waals surface area contributed by atoms with E-state index >= 15 is 0 Å². The predicted octanol–water partition coefficient (Wildman–Crippen LogP) is 0.634. The van der Waals surface area contributed by atoms with E-state index in [1.54, 1.807) is 30.3 Å². The van der Waals surface area contributed by atoms with Crippen LogP contribution in [0.2, 0.25) is 0 Å². The fourth-order valence-electron chi connectivity index (χ4n) is 2.65. The number of anilines is 1. The summed E-state index contributed by atoms with van der Waals surface area (Å²) in [5.41, 5.74) is 0.470. The Morgan fingerprint density at radius 2 is 1.88 bits per heavy atom. The van der Waals surface area contributed by atoms with Gasteiger partial charge in [-0.25, -0.2) is 9.10 Å². The number of ether oxygens (including phenoxy) is 1. The molecule has 1 heterocycles. The summed E-state index contributed by atoms with van der Waals surface area (Å²) in [5, 5.41) is 12.1. The van der Waals surface area contributed by atoms with E-state index in [0.717, 1.165) is 0 Å². The van der Waals surface area contributed by atoms with Crippen molar-refractivity contribution in [2.45, 2.75) is 32.1 Å². The molecule has 0 aliphatic carbocycles. The van der Waals surface area contributed by atoms with Crippen molar-refractivity contribution in [2.24, 2.45) is 5.92 Å². The first-order chi connectivity index (χ1) is 11.1. The number of aliphatic hydroxyl groups excluding tert-OH is 1. The van der Waals surface area contributed by atoms with Crippen molar-refractivity contribution in [3.8, 4) is 0 Å². The van der Waals surface area contributed by atoms with E-state index < -0.39 is 46.5 Å². The van der Waals surface area contributed by atoms with E-state index in [1.807, 2.05) is 0 Å². The van der Waals surface area contributed by atoms with Gasteiger partial charge in [0.05, 0.1) is 12.0 Å². The molecule has 1 aromatic rings. The number of nitrogens with one attached hydrogen (secondary N) is 1. The molecule has 10 heteroatoms. The average Bonchev–Trinajstić information content (AvgIpc) is 2.43. The van der Waals surface area contributed by atoms with Crippen molar-refractivity contribution >= 4 is 28.0 Å². The Kier molecular flexibility index (Phi) is 5.11. The molecule has 0 saturated carbocycles. The van der Waals surface area contributed by atoms with Crippen molar-refractivity contribution in [1.29, 1.82) is 0 Å². The van der Waals surface area contributed by atoms with Crippen molar-refractivity contribution < 1.29 is 32.4 Å². The number of carbonyl (C=O) groups excluding carboxylic acids is 2. The van der Waals surface area contributed by atoms with Crippen LogP contribution in [-0.4, -0.2) is 52.6 Å². The zero-order chi connectivity index (χ0) is 18.1. The van der Waals surface area contributed by atoms with Gasteiger partial charge in [0, 0.05) is 5.69 Å². The molecule has 0 bridgehead atoms. The lowest BCUT2D eigenvalue weighted by Gasteiger charge is -2.47. The first-order valence-electron chi connectivity index (χ1n) is 7.14. The van der Waals surface area contributed by atoms with Gasteiger partial charge in [-0.3, -0.25) is 14.7 Å². The molecule has 9 nitrogen and oxygen atoms in total. The molecule has 2 rings (SSSR count). The standard InChI is InChI=1S/C14H18N2O7S/c1-8(17)11-12(16(13(11)18)24(20,21)22)9(2)23-14(19)15-10-6-4-3-5-7-10/h3-9,11-12,17H,1-2H3,(H,15,19)(H,20,21,22)/t8-,9+,11-,12-/m1/s1. The number of hydrogen-bond acceptors (Lipinski definition) is 6. The molecule has 1 aromatic carbocycles. The number of aliphatic hydroxyl groups is 1. The topological polar surface area (TPSA) is 133 Å². The number of benzene rings is 1. The monoisotopic (exact) mass is 358 g/mol. The summed E-state index contributed by atoms with van der Waals surface area (Å²) >= 11 is 0. The van der Waals surface area contributed by atoms with Gasteiger partial charge < -0.3 is 9.84 Å². The Bertz CT molecular complexity index is 720. The maximum absolute atomic E-state index is 11.9. The number of hydrogen-bond donors (Lipinski definition) is 3. The van der Waals surface area contributed by atoms with Gasteiger partial charge in [-0.05, 0) is 26.0 Å². The van der Waals surface area contributed by atoms with E-state index in [4.69, 9.17) is 9.29 Å². The van der Waals surface area contributed by atoms with Gasteiger partial charge >= 0.3 is 16.4 Å². The van der Waals surface area contributed by atoms with Crippen molar-refractivity contribution in [2.75, 3.05) is 5.32 Å². The van der Waals surface area contributed by atoms with Crippen LogP contribution in [-0.2, 0) is 19.8 Å². The largest absolute Gasteiger partial charge is 0.444 e. The fraction of sp³-hybridized carbons (Fsp3) is 0.429. The van der Waals surface area contributed by atoms with Crippen LogP contribution < -0.4 is 5.32 Å². The SMILES string of the molecule is C[C@H](OC(=O)Nc1ccccc1)[C@@H]1[C@@H]([C@@H](C)O)C(=O)N1S(=O)(=O)O. The Hall–Kier alpha value is -2.17. The lowest BCUT2D eigenvalue weighted by atomic mass is 9.83. The van der Waals surface area contributed by atoms with Gasteiger partial charge in [0.2, 0.25) is 5.91 Å². The maximum Gasteiger partial charge on any atom is 0.411 e. The number of carbonyl (C=O) groups is 2. The highest BCUT2D eigenvalue weighted by Crippen LogP contribution is 2.35. The third-order valence-electron chi connectivity index (χ3n) is 3.70. The Morgan fingerprint density at radius 1 is 1.29 bits per heavy atom. The Morgan fingerprint density at radius 3 is 2.38 bits per heavy atom. The second-order valence-corrected chi connectivity index (χ2v) is 6.76. The van der Waals surface area contributed by atoms with Crippen molar-refractivity contribution in [3.05, 3.63) is 30.3 Å². The number of para-hydroxylation sites is 1. The van der Waals surface area contributed by atoms with Crippen LogP contribution in [0, 0.1) is 5.92 Å². The Labute approximate surface area is 139 Å². The normalized spacial score (nSPS) is 23.2. The molecule has 0 aromatic heterocycles. The summed E-state index contributed by atoms with van der Waals surface area (Å²) in [6.45, 7) is 2.68. The van der Waals surface area contributed by atoms with E-state index in [9.17, 15) is 23.1 Å². The third kappa shape index (κ3) is 3.66. The molecule has 4 atom stereocenters. The molecule has 0 unspecified atom stereocenters. The lowest BCUT2D eigenvalue weighted by Crippen LogP contribution is -2.69. The second-order valence-electron chi connectivity index (χ2n) is 5.47. The van der Waals surface area contributed by atoms with E-state index in [2.05, 4.69) is 5.32 Å². The summed E-state index contributed by atoms with van der Waals surface area (Å²) in [7, 11) is -4.81. The maximum atomic E-state index is 11.9. The predicted molar refractivity (Wildman–Crippen MR) is 83.4 cm³/mol. The molecule has 0 spiro atoms. The smallest absolute Gasteiger partial charge is 0.411 e. The van der Waals surface area contributed by atoms with Crippen LogP contribution in [0.25, 0.3) is 0 Å². The molecular formula is C14H18N2O7S. The lowest BCUT2D eigenvalue weighted by molar-refractivity contribution is -0.160. The quantitative estimate of drug-likeness (QED) is 0.519. The minimum Gasteiger partial charge on any atom is -0.444 e. The summed E-state index contributed by atoms with van der Waals surface area (Å²) in [5.74, 6) is -2.04. The van der Waals surface area contributed by atoms with Crippen LogP contribution >= 0.6 is 0 Å². The molecule has 24 heavy (non-hydrogen) atoms. The highest BCUT2D eigenvalue weighted by atomic mass is 32.2. The summed E-state index contributed by atoms with van der Waals surface area (Å²) in [4.78, 5) is 23.7. The van der Waals surface area contributed by atoms with Gasteiger partial charge in [-0.15, -0.1) is 0 Å². The molecule has 3 N–H and O–H groups in total. The van der Waals surface area contributed by atoms with Crippen LogP contribution in [0.5, 0.6) is 0 Å². The minimum absolute atomic E-state index is 0.213. The molecule has 1 aliphatic heterocycles. The molecule has 132 valence electrons. The minimum atomic E-state index is -4.81. The zero-order valence-electron chi connectivity index (χ0n) is 13.0. The molecule has 1 saturated heterocycles. The molecule has 1 aliphatic rings. The van der Waals surface area contributed by atoms with Gasteiger partial charge in [0.25, 0.3) is 0 Å². The average molecular weight is 358 g/mol. The fourth-order valence-corrected chi connectivity index (χ4v) is 3.61. The second kappa shape index (κ2) is 6.75. The molecular weight excluding hydrogens is 340 g/mol. The van der Waals surface area contributed by atoms with Gasteiger partial charge in [0.1, 0.15) is 12.1 Å². The van der Waals surface area contributed by atoms with Crippen molar-refractivity contribution in [3.63, 3.8) is 0 Å². The number of rotatable bonds is 5. The van der Waals surface area contributed by atoms with Crippen LogP contribution in [0.3, 0.4) is 0 Å².